The van der Waals surface area contributed by atoms with Gasteiger partial charge in [0.2, 0.25) is 5.91 Å². The molecule has 2 aromatic carbocycles. The second kappa shape index (κ2) is 12.2. The van der Waals surface area contributed by atoms with E-state index in [1.165, 1.54) is 5.56 Å². The molecule has 168 valence electrons. The fraction of sp³-hybridized carbons (Fsp3) is 0.480. The Hall–Kier alpha value is -2.73. The Bertz CT molecular complexity index is 792. The summed E-state index contributed by atoms with van der Waals surface area (Å²) < 4.78 is 16.2. The number of hydrogen-bond donors (Lipinski definition) is 0. The van der Waals surface area contributed by atoms with E-state index in [0.29, 0.717) is 13.0 Å². The van der Waals surface area contributed by atoms with Crippen LogP contribution in [-0.2, 0) is 11.2 Å². The van der Waals surface area contributed by atoms with Gasteiger partial charge in [-0.25, -0.2) is 0 Å². The third kappa shape index (κ3) is 7.47. The van der Waals surface area contributed by atoms with Crippen molar-refractivity contribution >= 4 is 5.91 Å². The summed E-state index contributed by atoms with van der Waals surface area (Å²) in [7, 11) is 3.32. The summed E-state index contributed by atoms with van der Waals surface area (Å²) in [6, 6.07) is 15.6. The molecule has 1 aliphatic rings. The lowest BCUT2D eigenvalue weighted by Gasteiger charge is -2.22. The molecule has 0 spiro atoms. The van der Waals surface area contributed by atoms with Gasteiger partial charge in [-0.15, -0.1) is 0 Å². The van der Waals surface area contributed by atoms with Gasteiger partial charge in [0.15, 0.2) is 0 Å². The van der Waals surface area contributed by atoms with Crippen molar-refractivity contribution in [2.75, 3.05) is 53.6 Å². The highest BCUT2D eigenvalue weighted by molar-refractivity contribution is 5.76. The monoisotopic (exact) mass is 426 g/mol. The van der Waals surface area contributed by atoms with Gasteiger partial charge in [0, 0.05) is 32.6 Å². The Morgan fingerprint density at radius 1 is 0.839 bits per heavy atom. The number of methoxy groups -OCH3 is 2. The first-order valence-electron chi connectivity index (χ1n) is 11.1. The number of carbonyl (C=O) groups excluding carboxylic acids is 1. The molecule has 0 aromatic heterocycles. The van der Waals surface area contributed by atoms with Gasteiger partial charge >= 0.3 is 0 Å². The summed E-state index contributed by atoms with van der Waals surface area (Å²) in [5, 5.41) is 0. The Balaban J connectivity index is 1.33. The van der Waals surface area contributed by atoms with Gasteiger partial charge in [-0.1, -0.05) is 12.1 Å². The van der Waals surface area contributed by atoms with Crippen LogP contribution < -0.4 is 14.2 Å². The molecule has 0 atom stereocenters. The van der Waals surface area contributed by atoms with Gasteiger partial charge in [-0.05, 0) is 67.8 Å². The summed E-state index contributed by atoms with van der Waals surface area (Å²) in [6.45, 7) is 5.29. The molecule has 6 nitrogen and oxygen atoms in total. The average molecular weight is 427 g/mol. The third-order valence-corrected chi connectivity index (χ3v) is 5.67. The second-order valence-electron chi connectivity index (χ2n) is 7.80. The van der Waals surface area contributed by atoms with Crippen molar-refractivity contribution in [3.63, 3.8) is 0 Å². The lowest BCUT2D eigenvalue weighted by molar-refractivity contribution is -0.131. The van der Waals surface area contributed by atoms with Gasteiger partial charge < -0.3 is 24.0 Å². The van der Waals surface area contributed by atoms with E-state index in [4.69, 9.17) is 14.2 Å². The van der Waals surface area contributed by atoms with Crippen molar-refractivity contribution < 1.29 is 19.0 Å². The van der Waals surface area contributed by atoms with Gasteiger partial charge in [0.25, 0.3) is 0 Å². The lowest BCUT2D eigenvalue weighted by atomic mass is 10.1. The maximum Gasteiger partial charge on any atom is 0.222 e. The number of rotatable bonds is 10. The SMILES string of the molecule is COc1ccc(CCC(=O)N2CCCN(CCCOc3ccc(OC)cc3)CC2)cc1. The van der Waals surface area contributed by atoms with Crippen molar-refractivity contribution in [1.82, 2.24) is 9.80 Å². The van der Waals surface area contributed by atoms with Gasteiger partial charge in [0.05, 0.1) is 20.8 Å². The minimum absolute atomic E-state index is 0.250. The van der Waals surface area contributed by atoms with Crippen LogP contribution in [-0.4, -0.2) is 69.3 Å². The van der Waals surface area contributed by atoms with Crippen LogP contribution in [0.4, 0.5) is 0 Å². The number of nitrogens with zero attached hydrogens (tertiary/aromatic N) is 2. The molecule has 6 heteroatoms. The minimum atomic E-state index is 0.250. The fourth-order valence-corrected chi connectivity index (χ4v) is 3.80. The van der Waals surface area contributed by atoms with Crippen LogP contribution in [0.1, 0.15) is 24.8 Å². The van der Waals surface area contributed by atoms with Crippen molar-refractivity contribution in [3.05, 3.63) is 54.1 Å². The van der Waals surface area contributed by atoms with Crippen LogP contribution in [0.5, 0.6) is 17.2 Å². The molecule has 1 aliphatic heterocycles. The third-order valence-electron chi connectivity index (χ3n) is 5.67. The maximum absolute atomic E-state index is 12.7. The normalized spacial score (nSPS) is 14.7. The van der Waals surface area contributed by atoms with E-state index in [1.54, 1.807) is 14.2 Å². The van der Waals surface area contributed by atoms with Crippen molar-refractivity contribution in [2.24, 2.45) is 0 Å². The topological polar surface area (TPSA) is 51.2 Å². The summed E-state index contributed by atoms with van der Waals surface area (Å²) in [5.41, 5.74) is 1.17. The standard InChI is InChI=1S/C25H34N2O4/c1-29-22-8-5-21(6-9-22)7-14-25(28)27-17-3-15-26(18-19-27)16-4-20-31-24-12-10-23(30-2)11-13-24/h5-6,8-13H,3-4,7,14-20H2,1-2H3. The highest BCUT2D eigenvalue weighted by Crippen LogP contribution is 2.17. The van der Waals surface area contributed by atoms with Gasteiger partial charge in [-0.3, -0.25) is 4.79 Å². The van der Waals surface area contributed by atoms with E-state index in [2.05, 4.69) is 4.90 Å². The predicted octanol–water partition coefficient (Wildman–Crippen LogP) is 3.64. The summed E-state index contributed by atoms with van der Waals surface area (Å²) in [5.74, 6) is 2.79. The molecule has 1 heterocycles. The Kier molecular flexibility index (Phi) is 9.03. The van der Waals surface area contributed by atoms with Crippen LogP contribution in [0.25, 0.3) is 0 Å². The first-order chi connectivity index (χ1) is 15.2. The molecule has 3 rings (SSSR count). The summed E-state index contributed by atoms with van der Waals surface area (Å²) in [4.78, 5) is 17.1. The van der Waals surface area contributed by atoms with E-state index in [1.807, 2.05) is 53.4 Å². The molecule has 0 bridgehead atoms. The van der Waals surface area contributed by atoms with E-state index in [-0.39, 0.29) is 5.91 Å². The molecule has 1 saturated heterocycles. The molecule has 0 aliphatic carbocycles. The molecule has 0 unspecified atom stereocenters. The zero-order chi connectivity index (χ0) is 21.9. The lowest BCUT2D eigenvalue weighted by Crippen LogP contribution is -2.35. The van der Waals surface area contributed by atoms with E-state index in [0.717, 1.165) is 69.2 Å². The Morgan fingerprint density at radius 2 is 1.48 bits per heavy atom. The summed E-state index contributed by atoms with van der Waals surface area (Å²) >= 11 is 0. The highest BCUT2D eigenvalue weighted by atomic mass is 16.5. The first kappa shape index (κ1) is 22.9. The van der Waals surface area contributed by atoms with Crippen LogP contribution in [0.3, 0.4) is 0 Å². The first-order valence-corrected chi connectivity index (χ1v) is 11.1. The Labute approximate surface area is 185 Å². The molecule has 0 N–H and O–H groups in total. The predicted molar refractivity (Wildman–Crippen MR) is 122 cm³/mol. The zero-order valence-corrected chi connectivity index (χ0v) is 18.7. The largest absolute Gasteiger partial charge is 0.497 e. The number of aryl methyl sites for hydroxylation is 1. The molecule has 0 saturated carbocycles. The van der Waals surface area contributed by atoms with E-state index < -0.39 is 0 Å². The average Bonchev–Trinajstić information content (AvgIpc) is 3.07. The minimum Gasteiger partial charge on any atom is -0.497 e. The number of hydrogen-bond acceptors (Lipinski definition) is 5. The van der Waals surface area contributed by atoms with Crippen molar-refractivity contribution in [3.8, 4) is 17.2 Å². The Morgan fingerprint density at radius 3 is 2.16 bits per heavy atom. The maximum atomic E-state index is 12.7. The van der Waals surface area contributed by atoms with Crippen molar-refractivity contribution in [1.29, 1.82) is 0 Å². The van der Waals surface area contributed by atoms with Crippen LogP contribution in [0.15, 0.2) is 48.5 Å². The molecular formula is C25H34N2O4. The highest BCUT2D eigenvalue weighted by Gasteiger charge is 2.18. The van der Waals surface area contributed by atoms with Gasteiger partial charge in [0.1, 0.15) is 17.2 Å². The number of benzene rings is 2. The van der Waals surface area contributed by atoms with E-state index in [9.17, 15) is 4.79 Å². The molecule has 1 fully saturated rings. The van der Waals surface area contributed by atoms with Crippen LogP contribution in [0, 0.1) is 0 Å². The molecular weight excluding hydrogens is 392 g/mol. The summed E-state index contributed by atoms with van der Waals surface area (Å²) in [6.07, 6.45) is 3.32. The van der Waals surface area contributed by atoms with E-state index >= 15 is 0 Å². The van der Waals surface area contributed by atoms with Crippen LogP contribution >= 0.6 is 0 Å². The number of amides is 1. The van der Waals surface area contributed by atoms with Crippen LogP contribution in [0.2, 0.25) is 0 Å². The molecule has 1 amide bonds. The quantitative estimate of drug-likeness (QED) is 0.543. The number of ether oxygens (including phenoxy) is 3. The van der Waals surface area contributed by atoms with Crippen molar-refractivity contribution in [2.45, 2.75) is 25.7 Å². The fourth-order valence-electron chi connectivity index (χ4n) is 3.80. The smallest absolute Gasteiger partial charge is 0.222 e. The second-order valence-corrected chi connectivity index (χ2v) is 7.80. The molecule has 31 heavy (non-hydrogen) atoms. The molecule has 0 radical (unpaired) electrons. The molecule has 2 aromatic rings. The zero-order valence-electron chi connectivity index (χ0n) is 18.7. The number of carbonyl (C=O) groups is 1. The van der Waals surface area contributed by atoms with Gasteiger partial charge in [-0.2, -0.15) is 0 Å².